The summed E-state index contributed by atoms with van der Waals surface area (Å²) in [4.78, 5) is 0. The largest absolute Gasteiger partial charge is 0.491 e. The molecule has 0 aliphatic rings. The Labute approximate surface area is 105 Å². The Morgan fingerprint density at radius 1 is 1.56 bits per heavy atom. The van der Waals surface area contributed by atoms with Crippen LogP contribution in [0.5, 0.6) is 5.75 Å². The van der Waals surface area contributed by atoms with Crippen LogP contribution < -0.4 is 9.46 Å². The lowest BCUT2D eigenvalue weighted by molar-refractivity contribution is 0.321. The van der Waals surface area contributed by atoms with Gasteiger partial charge in [0.1, 0.15) is 0 Å². The lowest BCUT2D eigenvalue weighted by Crippen LogP contribution is -2.23. The highest BCUT2D eigenvalue weighted by Crippen LogP contribution is 2.22. The Morgan fingerprint density at radius 3 is 2.72 bits per heavy atom. The van der Waals surface area contributed by atoms with E-state index in [1.807, 2.05) is 0 Å². The number of ether oxygens (including phenoxy) is 1. The predicted molar refractivity (Wildman–Crippen MR) is 65.2 cm³/mol. The van der Waals surface area contributed by atoms with Gasteiger partial charge in [0, 0.05) is 6.07 Å². The van der Waals surface area contributed by atoms with Crippen molar-refractivity contribution in [1.29, 1.82) is 5.26 Å². The molecular formula is C11H13FN2O3S. The van der Waals surface area contributed by atoms with Gasteiger partial charge in [0.05, 0.1) is 18.4 Å². The first-order valence-corrected chi connectivity index (χ1v) is 6.79. The van der Waals surface area contributed by atoms with Gasteiger partial charge in [-0.1, -0.05) is 0 Å². The van der Waals surface area contributed by atoms with E-state index in [2.05, 4.69) is 4.72 Å². The quantitative estimate of drug-likeness (QED) is 0.887. The highest BCUT2D eigenvalue weighted by molar-refractivity contribution is 7.93. The Kier molecular flexibility index (Phi) is 4.50. The second kappa shape index (κ2) is 5.69. The summed E-state index contributed by atoms with van der Waals surface area (Å²) in [5, 5.41) is 7.34. The molecule has 0 saturated heterocycles. The third-order valence-corrected chi connectivity index (χ3v) is 3.70. The highest BCUT2D eigenvalue weighted by atomic mass is 32.2. The molecule has 1 N–H and O–H groups in total. The van der Waals surface area contributed by atoms with Crippen LogP contribution in [0, 0.1) is 17.1 Å². The summed E-state index contributed by atoms with van der Waals surface area (Å²) in [5.41, 5.74) is 0.0538. The minimum absolute atomic E-state index is 0.0498. The highest BCUT2D eigenvalue weighted by Gasteiger charge is 2.20. The SMILES string of the molecule is CCOc1ccc(NS(=O)(=O)C(C)C#N)cc1F. The molecule has 0 aliphatic heterocycles. The fourth-order valence-corrected chi connectivity index (χ4v) is 1.93. The van der Waals surface area contributed by atoms with Crippen molar-refractivity contribution in [1.82, 2.24) is 0 Å². The number of nitrogens with one attached hydrogen (secondary N) is 1. The number of hydrogen-bond acceptors (Lipinski definition) is 4. The summed E-state index contributed by atoms with van der Waals surface area (Å²) in [6.45, 7) is 3.27. The molecule has 0 radical (unpaired) electrons. The lowest BCUT2D eigenvalue weighted by Gasteiger charge is -2.10. The monoisotopic (exact) mass is 272 g/mol. The molecule has 1 unspecified atom stereocenters. The fraction of sp³-hybridized carbons (Fsp3) is 0.364. The van der Waals surface area contributed by atoms with E-state index in [1.165, 1.54) is 19.1 Å². The first-order chi connectivity index (χ1) is 8.40. The van der Waals surface area contributed by atoms with Crippen molar-refractivity contribution in [3.8, 4) is 11.8 Å². The smallest absolute Gasteiger partial charge is 0.248 e. The molecule has 7 heteroatoms. The molecule has 0 amide bonds. The van der Waals surface area contributed by atoms with Gasteiger partial charge in [-0.3, -0.25) is 4.72 Å². The van der Waals surface area contributed by atoms with Crippen molar-refractivity contribution in [2.75, 3.05) is 11.3 Å². The maximum absolute atomic E-state index is 13.5. The Morgan fingerprint density at radius 2 is 2.22 bits per heavy atom. The molecule has 1 aromatic carbocycles. The van der Waals surface area contributed by atoms with Gasteiger partial charge < -0.3 is 4.74 Å². The normalized spacial score (nSPS) is 12.6. The van der Waals surface area contributed by atoms with Gasteiger partial charge in [0.25, 0.3) is 0 Å². The molecule has 1 rings (SSSR count). The van der Waals surface area contributed by atoms with Gasteiger partial charge in [0.15, 0.2) is 16.8 Å². The number of halogens is 1. The van der Waals surface area contributed by atoms with Gasteiger partial charge in [-0.05, 0) is 26.0 Å². The second-order valence-corrected chi connectivity index (χ2v) is 5.50. The summed E-state index contributed by atoms with van der Waals surface area (Å²) in [5.74, 6) is -0.615. The van der Waals surface area contributed by atoms with Crippen LogP contribution in [0.25, 0.3) is 0 Å². The van der Waals surface area contributed by atoms with Crippen LogP contribution in [0.2, 0.25) is 0 Å². The van der Waals surface area contributed by atoms with Gasteiger partial charge in [-0.2, -0.15) is 5.26 Å². The molecule has 0 aliphatic carbocycles. The van der Waals surface area contributed by atoms with Crippen molar-refractivity contribution in [2.45, 2.75) is 19.1 Å². The molecular weight excluding hydrogens is 259 g/mol. The molecule has 1 atom stereocenters. The second-order valence-electron chi connectivity index (χ2n) is 3.50. The minimum Gasteiger partial charge on any atom is -0.491 e. The molecule has 0 heterocycles. The maximum atomic E-state index is 13.5. The molecule has 98 valence electrons. The van der Waals surface area contributed by atoms with E-state index in [4.69, 9.17) is 10.00 Å². The van der Waals surface area contributed by atoms with Gasteiger partial charge in [0.2, 0.25) is 10.0 Å². The standard InChI is InChI=1S/C11H13FN2O3S/c1-3-17-11-5-4-9(6-10(11)12)14-18(15,16)8(2)7-13/h4-6,8,14H,3H2,1-2H3. The zero-order valence-electron chi connectivity index (χ0n) is 9.97. The summed E-state index contributed by atoms with van der Waals surface area (Å²) < 4.78 is 43.7. The van der Waals surface area contributed by atoms with Crippen LogP contribution in [0.15, 0.2) is 18.2 Å². The fourth-order valence-electron chi connectivity index (χ4n) is 1.16. The van der Waals surface area contributed by atoms with Crippen molar-refractivity contribution in [3.63, 3.8) is 0 Å². The van der Waals surface area contributed by atoms with Crippen LogP contribution in [0.4, 0.5) is 10.1 Å². The molecule has 1 aromatic rings. The molecule has 0 saturated carbocycles. The van der Waals surface area contributed by atoms with Crippen LogP contribution in [0.3, 0.4) is 0 Å². The van der Waals surface area contributed by atoms with E-state index in [1.54, 1.807) is 13.0 Å². The molecule has 18 heavy (non-hydrogen) atoms. The molecule has 0 aromatic heterocycles. The number of nitriles is 1. The number of benzene rings is 1. The maximum Gasteiger partial charge on any atom is 0.248 e. The van der Waals surface area contributed by atoms with Crippen LogP contribution in [-0.4, -0.2) is 20.3 Å². The van der Waals surface area contributed by atoms with E-state index < -0.39 is 21.1 Å². The Balaban J connectivity index is 2.94. The molecule has 5 nitrogen and oxygen atoms in total. The van der Waals surface area contributed by atoms with Gasteiger partial charge in [-0.25, -0.2) is 12.8 Å². The number of anilines is 1. The summed E-state index contributed by atoms with van der Waals surface area (Å²) in [7, 11) is -3.82. The van der Waals surface area contributed by atoms with E-state index in [9.17, 15) is 12.8 Å². The summed E-state index contributed by atoms with van der Waals surface area (Å²) in [6, 6.07) is 5.31. The summed E-state index contributed by atoms with van der Waals surface area (Å²) in [6.07, 6.45) is 0. The van der Waals surface area contributed by atoms with Crippen molar-refractivity contribution in [3.05, 3.63) is 24.0 Å². The first-order valence-electron chi connectivity index (χ1n) is 5.24. The summed E-state index contributed by atoms with van der Waals surface area (Å²) >= 11 is 0. The average Bonchev–Trinajstić information content (AvgIpc) is 2.31. The van der Waals surface area contributed by atoms with Gasteiger partial charge >= 0.3 is 0 Å². The zero-order valence-corrected chi connectivity index (χ0v) is 10.8. The van der Waals surface area contributed by atoms with Crippen LogP contribution >= 0.6 is 0 Å². The van der Waals surface area contributed by atoms with Gasteiger partial charge in [-0.15, -0.1) is 0 Å². The minimum atomic E-state index is -3.82. The Bertz CT molecular complexity index is 566. The zero-order chi connectivity index (χ0) is 13.8. The molecule has 0 fully saturated rings. The van der Waals surface area contributed by atoms with Crippen LogP contribution in [0.1, 0.15) is 13.8 Å². The number of rotatable bonds is 5. The third kappa shape index (κ3) is 3.34. The van der Waals surface area contributed by atoms with E-state index in [0.717, 1.165) is 6.07 Å². The third-order valence-electron chi connectivity index (χ3n) is 2.14. The van der Waals surface area contributed by atoms with Crippen LogP contribution in [-0.2, 0) is 10.0 Å². The number of nitrogens with zero attached hydrogens (tertiary/aromatic N) is 1. The van der Waals surface area contributed by atoms with E-state index in [0.29, 0.717) is 6.61 Å². The predicted octanol–water partition coefficient (Wildman–Crippen LogP) is 1.88. The molecule has 0 bridgehead atoms. The average molecular weight is 272 g/mol. The Hall–Kier alpha value is -1.81. The van der Waals surface area contributed by atoms with Crippen molar-refractivity contribution in [2.24, 2.45) is 0 Å². The van der Waals surface area contributed by atoms with E-state index in [-0.39, 0.29) is 11.4 Å². The lowest BCUT2D eigenvalue weighted by atomic mass is 10.3. The van der Waals surface area contributed by atoms with E-state index >= 15 is 0 Å². The first kappa shape index (κ1) is 14.3. The number of hydrogen-bond donors (Lipinski definition) is 1. The van der Waals surface area contributed by atoms with Crippen molar-refractivity contribution < 1.29 is 17.5 Å². The number of sulfonamides is 1. The van der Waals surface area contributed by atoms with Crippen molar-refractivity contribution >= 4 is 15.7 Å². The molecule has 0 spiro atoms. The topological polar surface area (TPSA) is 79.2 Å².